The fourth-order valence-electron chi connectivity index (χ4n) is 4.98. The highest BCUT2D eigenvalue weighted by Gasteiger charge is 2.50. The lowest BCUT2D eigenvalue weighted by Crippen LogP contribution is -2.56. The predicted molar refractivity (Wildman–Crippen MR) is 119 cm³/mol. The molecule has 1 aliphatic heterocycles. The second-order valence-corrected chi connectivity index (χ2v) is 8.92. The van der Waals surface area contributed by atoms with E-state index in [0.717, 1.165) is 19.3 Å². The summed E-state index contributed by atoms with van der Waals surface area (Å²) in [5.74, 6) is -2.04. The average Bonchev–Trinajstić information content (AvgIpc) is 2.74. The van der Waals surface area contributed by atoms with E-state index in [-0.39, 0.29) is 18.0 Å². The molecule has 6 nitrogen and oxygen atoms in total. The van der Waals surface area contributed by atoms with E-state index in [2.05, 4.69) is 0 Å². The third-order valence-corrected chi connectivity index (χ3v) is 6.93. The molecule has 1 aliphatic carbocycles. The first kappa shape index (κ1) is 21.9. The first-order chi connectivity index (χ1) is 14.8. The quantitative estimate of drug-likeness (QED) is 0.690. The fraction of sp³-hybridized carbons (Fsp3) is 0.391. The minimum atomic E-state index is -1.07. The van der Waals surface area contributed by atoms with E-state index in [4.69, 9.17) is 33.7 Å². The van der Waals surface area contributed by atoms with E-state index in [1.165, 1.54) is 7.11 Å². The van der Waals surface area contributed by atoms with Crippen molar-refractivity contribution in [3.8, 4) is 5.75 Å². The van der Waals surface area contributed by atoms with Crippen molar-refractivity contribution < 1.29 is 19.4 Å². The Morgan fingerprint density at radius 1 is 1.19 bits per heavy atom. The highest BCUT2D eigenvalue weighted by atomic mass is 35.5. The number of aliphatic carboxylic acids is 1. The van der Waals surface area contributed by atoms with Gasteiger partial charge in [0.05, 0.1) is 13.2 Å². The van der Waals surface area contributed by atoms with Crippen molar-refractivity contribution in [3.05, 3.63) is 63.1 Å². The molecule has 0 aromatic heterocycles. The van der Waals surface area contributed by atoms with E-state index in [9.17, 15) is 14.7 Å². The van der Waals surface area contributed by atoms with Crippen LogP contribution in [0.15, 0.2) is 36.4 Å². The molecule has 2 aromatic carbocycles. The summed E-state index contributed by atoms with van der Waals surface area (Å²) < 4.78 is 5.46. The molecule has 3 N–H and O–H groups in total. The molecule has 0 spiro atoms. The van der Waals surface area contributed by atoms with Crippen LogP contribution in [0.25, 0.3) is 0 Å². The number of benzene rings is 2. The maximum absolute atomic E-state index is 13.8. The largest absolute Gasteiger partial charge is 0.496 e. The first-order valence-electron chi connectivity index (χ1n) is 10.3. The first-order valence-corrected chi connectivity index (χ1v) is 11.0. The Hall–Kier alpha value is -2.28. The van der Waals surface area contributed by atoms with Crippen molar-refractivity contribution in [2.24, 2.45) is 5.73 Å². The molecule has 0 saturated heterocycles. The average molecular weight is 463 g/mol. The molecule has 31 heavy (non-hydrogen) atoms. The van der Waals surface area contributed by atoms with Gasteiger partial charge in [-0.1, -0.05) is 48.2 Å². The molecule has 4 rings (SSSR count). The number of carboxylic acid groups (broad SMARTS) is 1. The minimum absolute atomic E-state index is 0.243. The molecular formula is C23H24Cl2N2O4. The number of halogens is 2. The molecule has 8 heteroatoms. The summed E-state index contributed by atoms with van der Waals surface area (Å²) in [4.78, 5) is 28.1. The van der Waals surface area contributed by atoms with Gasteiger partial charge in [-0.25, -0.2) is 0 Å². The summed E-state index contributed by atoms with van der Waals surface area (Å²) in [5.41, 5.74) is 7.67. The van der Waals surface area contributed by atoms with Crippen LogP contribution >= 0.6 is 23.2 Å². The number of amides is 1. The molecule has 1 heterocycles. The standard InChI is InChI=1S/C23H24Cl2N2O4/c1-31-18-8-4-5-14-19(18)20(23(29)30)21(13-10-9-12(24)11-15(13)25)27(22(14)28)17-7-3-2-6-16(17)26/h4-5,8-11,16-17,20-21H,2-3,6-7,26H2,1H3,(H,29,30)/t16-,17-,20+,21-/m0/s1. The summed E-state index contributed by atoms with van der Waals surface area (Å²) >= 11 is 12.6. The van der Waals surface area contributed by atoms with Crippen LogP contribution in [0.4, 0.5) is 0 Å². The Morgan fingerprint density at radius 2 is 1.94 bits per heavy atom. The van der Waals surface area contributed by atoms with Crippen molar-refractivity contribution in [2.75, 3.05) is 7.11 Å². The third kappa shape index (κ3) is 3.77. The van der Waals surface area contributed by atoms with Gasteiger partial charge in [0.1, 0.15) is 11.7 Å². The van der Waals surface area contributed by atoms with Gasteiger partial charge in [0, 0.05) is 33.3 Å². The number of nitrogens with two attached hydrogens (primary N) is 1. The summed E-state index contributed by atoms with van der Waals surface area (Å²) in [7, 11) is 1.46. The zero-order valence-corrected chi connectivity index (χ0v) is 18.6. The highest BCUT2D eigenvalue weighted by molar-refractivity contribution is 6.35. The fourth-order valence-corrected chi connectivity index (χ4v) is 5.51. The van der Waals surface area contributed by atoms with Crippen molar-refractivity contribution in [2.45, 2.75) is 49.7 Å². The smallest absolute Gasteiger partial charge is 0.313 e. The molecule has 2 aromatic rings. The second-order valence-electron chi connectivity index (χ2n) is 8.08. The molecular weight excluding hydrogens is 439 g/mol. The van der Waals surface area contributed by atoms with Crippen molar-refractivity contribution in [3.63, 3.8) is 0 Å². The number of carboxylic acids is 1. The van der Waals surface area contributed by atoms with Gasteiger partial charge in [-0.15, -0.1) is 0 Å². The number of hydrogen-bond donors (Lipinski definition) is 2. The second kappa shape index (κ2) is 8.69. The molecule has 0 radical (unpaired) electrons. The van der Waals surface area contributed by atoms with Crippen LogP contribution in [-0.4, -0.2) is 41.1 Å². The molecule has 0 bridgehead atoms. The topological polar surface area (TPSA) is 92.9 Å². The summed E-state index contributed by atoms with van der Waals surface area (Å²) in [5, 5.41) is 11.1. The van der Waals surface area contributed by atoms with Crippen LogP contribution in [0.3, 0.4) is 0 Å². The van der Waals surface area contributed by atoms with E-state index in [1.807, 2.05) is 0 Å². The van der Waals surface area contributed by atoms with Crippen LogP contribution in [0.1, 0.15) is 59.1 Å². The Morgan fingerprint density at radius 3 is 2.58 bits per heavy atom. The van der Waals surface area contributed by atoms with Gasteiger partial charge in [0.25, 0.3) is 5.91 Å². The maximum atomic E-state index is 13.8. The van der Waals surface area contributed by atoms with E-state index in [1.54, 1.807) is 41.3 Å². The van der Waals surface area contributed by atoms with Crippen LogP contribution in [0, 0.1) is 0 Å². The third-order valence-electron chi connectivity index (χ3n) is 6.36. The number of fused-ring (bicyclic) bond motifs is 1. The van der Waals surface area contributed by atoms with Crippen molar-refractivity contribution >= 4 is 35.1 Å². The number of ether oxygens (including phenoxy) is 1. The van der Waals surface area contributed by atoms with Crippen LogP contribution in [-0.2, 0) is 4.79 Å². The SMILES string of the molecule is COc1cccc2c1[C@@H](C(=O)O)[C@H](c1ccc(Cl)cc1Cl)N([C@H]1CCCC[C@@H]1N)C2=O. The Kier molecular flexibility index (Phi) is 6.15. The molecule has 1 amide bonds. The van der Waals surface area contributed by atoms with Gasteiger partial charge in [-0.3, -0.25) is 9.59 Å². The van der Waals surface area contributed by atoms with Gasteiger partial charge in [0.15, 0.2) is 0 Å². The summed E-state index contributed by atoms with van der Waals surface area (Å²) in [6.07, 6.45) is 3.39. The van der Waals surface area contributed by atoms with Gasteiger partial charge >= 0.3 is 5.97 Å². The predicted octanol–water partition coefficient (Wildman–Crippen LogP) is 4.64. The lowest BCUT2D eigenvalue weighted by atomic mass is 9.76. The van der Waals surface area contributed by atoms with Gasteiger partial charge in [-0.05, 0) is 42.7 Å². The number of hydrogen-bond acceptors (Lipinski definition) is 4. The van der Waals surface area contributed by atoms with E-state index in [0.29, 0.717) is 38.9 Å². The molecule has 1 saturated carbocycles. The lowest BCUT2D eigenvalue weighted by Gasteiger charge is -2.48. The minimum Gasteiger partial charge on any atom is -0.496 e. The van der Waals surface area contributed by atoms with Crippen molar-refractivity contribution in [1.82, 2.24) is 4.90 Å². The summed E-state index contributed by atoms with van der Waals surface area (Å²) in [6, 6.07) is 8.56. The number of carbonyl (C=O) groups excluding carboxylic acids is 1. The number of methoxy groups -OCH3 is 1. The Balaban J connectivity index is 1.99. The van der Waals surface area contributed by atoms with Crippen LogP contribution in [0.5, 0.6) is 5.75 Å². The zero-order chi connectivity index (χ0) is 22.3. The Labute approximate surface area is 190 Å². The van der Waals surface area contributed by atoms with Crippen molar-refractivity contribution in [1.29, 1.82) is 0 Å². The number of rotatable bonds is 4. The maximum Gasteiger partial charge on any atom is 0.313 e. The molecule has 1 fully saturated rings. The molecule has 164 valence electrons. The highest BCUT2D eigenvalue weighted by Crippen LogP contribution is 2.50. The Bertz CT molecular complexity index is 1030. The monoisotopic (exact) mass is 462 g/mol. The number of nitrogens with zero attached hydrogens (tertiary/aromatic N) is 1. The molecule has 4 atom stereocenters. The van der Waals surface area contributed by atoms with Gasteiger partial charge in [0.2, 0.25) is 0 Å². The summed E-state index contributed by atoms with van der Waals surface area (Å²) in [6.45, 7) is 0. The molecule has 2 aliphatic rings. The van der Waals surface area contributed by atoms with E-state index >= 15 is 0 Å². The lowest BCUT2D eigenvalue weighted by molar-refractivity contribution is -0.141. The van der Waals surface area contributed by atoms with Crippen LogP contribution in [0.2, 0.25) is 10.0 Å². The van der Waals surface area contributed by atoms with E-state index < -0.39 is 17.9 Å². The normalized spacial score (nSPS) is 25.8. The van der Waals surface area contributed by atoms with Gasteiger partial charge in [-0.2, -0.15) is 0 Å². The number of carbonyl (C=O) groups is 2. The van der Waals surface area contributed by atoms with Crippen LogP contribution < -0.4 is 10.5 Å². The zero-order valence-electron chi connectivity index (χ0n) is 17.1. The molecule has 0 unspecified atom stereocenters. The van der Waals surface area contributed by atoms with Gasteiger partial charge < -0.3 is 20.5 Å².